The zero-order valence-electron chi connectivity index (χ0n) is 10.8. The summed E-state index contributed by atoms with van der Waals surface area (Å²) in [4.78, 5) is 35.3. The van der Waals surface area contributed by atoms with Crippen molar-refractivity contribution >= 4 is 29.1 Å². The lowest BCUT2D eigenvalue weighted by atomic mass is 9.79. The molecule has 2 atom stereocenters. The van der Waals surface area contributed by atoms with E-state index in [1.165, 1.54) is 11.3 Å². The summed E-state index contributed by atoms with van der Waals surface area (Å²) in [6, 6.07) is 3.38. The summed E-state index contributed by atoms with van der Waals surface area (Å²) < 4.78 is 0. The molecule has 1 aromatic heterocycles. The molecule has 1 fully saturated rings. The summed E-state index contributed by atoms with van der Waals surface area (Å²) in [6.45, 7) is 0. The van der Waals surface area contributed by atoms with Gasteiger partial charge in [0.15, 0.2) is 0 Å². The maximum atomic E-state index is 12.0. The van der Waals surface area contributed by atoms with Gasteiger partial charge in [-0.25, -0.2) is 0 Å². The molecule has 0 aliphatic heterocycles. The maximum absolute atomic E-state index is 12.0. The molecule has 1 aromatic rings. The van der Waals surface area contributed by atoms with Crippen molar-refractivity contribution in [1.82, 2.24) is 10.9 Å². The largest absolute Gasteiger partial charge is 0.481 e. The van der Waals surface area contributed by atoms with E-state index in [9.17, 15) is 14.4 Å². The molecule has 2 rings (SSSR count). The minimum absolute atomic E-state index is 0.393. The van der Waals surface area contributed by atoms with Crippen LogP contribution in [-0.4, -0.2) is 22.9 Å². The second-order valence-corrected chi connectivity index (χ2v) is 5.70. The molecule has 0 saturated heterocycles. The zero-order chi connectivity index (χ0) is 14.5. The number of carboxylic acids is 1. The average molecular weight is 296 g/mol. The molecular formula is C13H16N2O4S. The molecule has 1 saturated carbocycles. The summed E-state index contributed by atoms with van der Waals surface area (Å²) in [7, 11) is 0. The Bertz CT molecular complexity index is 500. The molecule has 108 valence electrons. The third-order valence-electron chi connectivity index (χ3n) is 3.46. The lowest BCUT2D eigenvalue weighted by Gasteiger charge is -2.27. The van der Waals surface area contributed by atoms with Gasteiger partial charge in [0.25, 0.3) is 5.91 Å². The minimum Gasteiger partial charge on any atom is -0.481 e. The first kappa shape index (κ1) is 14.5. The van der Waals surface area contributed by atoms with Gasteiger partial charge in [-0.3, -0.25) is 25.2 Å². The minimum atomic E-state index is -0.950. The summed E-state index contributed by atoms with van der Waals surface area (Å²) in [5, 5.41) is 10.9. The van der Waals surface area contributed by atoms with Crippen molar-refractivity contribution in [3.05, 3.63) is 22.4 Å². The van der Waals surface area contributed by atoms with E-state index in [-0.39, 0.29) is 0 Å². The van der Waals surface area contributed by atoms with E-state index in [1.807, 2.05) is 0 Å². The second kappa shape index (κ2) is 6.51. The molecule has 6 nitrogen and oxygen atoms in total. The Morgan fingerprint density at radius 1 is 1.15 bits per heavy atom. The number of hydrogen-bond acceptors (Lipinski definition) is 4. The number of nitrogens with one attached hydrogen (secondary N) is 2. The van der Waals surface area contributed by atoms with Gasteiger partial charge in [-0.15, -0.1) is 11.3 Å². The van der Waals surface area contributed by atoms with Crippen molar-refractivity contribution in [2.24, 2.45) is 11.8 Å². The van der Waals surface area contributed by atoms with E-state index in [1.54, 1.807) is 17.5 Å². The number of hydrogen-bond donors (Lipinski definition) is 3. The summed E-state index contributed by atoms with van der Waals surface area (Å²) in [5.74, 6) is -3.01. The molecule has 7 heteroatoms. The van der Waals surface area contributed by atoms with Crippen LogP contribution in [0.5, 0.6) is 0 Å². The quantitative estimate of drug-likeness (QED) is 0.735. The number of hydrazine groups is 1. The predicted molar refractivity (Wildman–Crippen MR) is 73.0 cm³/mol. The van der Waals surface area contributed by atoms with Crippen LogP contribution in [0.3, 0.4) is 0 Å². The average Bonchev–Trinajstić information content (AvgIpc) is 2.98. The molecule has 0 radical (unpaired) electrons. The lowest BCUT2D eigenvalue weighted by molar-refractivity contribution is -0.149. The zero-order valence-corrected chi connectivity index (χ0v) is 11.6. The van der Waals surface area contributed by atoms with Crippen molar-refractivity contribution in [3.8, 4) is 0 Å². The second-order valence-electron chi connectivity index (χ2n) is 4.76. The van der Waals surface area contributed by atoms with Crippen LogP contribution < -0.4 is 10.9 Å². The van der Waals surface area contributed by atoms with E-state index in [0.29, 0.717) is 17.7 Å². The van der Waals surface area contributed by atoms with Crippen LogP contribution in [0.2, 0.25) is 0 Å². The van der Waals surface area contributed by atoms with E-state index < -0.39 is 29.6 Å². The molecule has 1 heterocycles. The van der Waals surface area contributed by atoms with Gasteiger partial charge in [0.1, 0.15) is 0 Å². The number of carboxylic acid groups (broad SMARTS) is 1. The molecule has 0 aromatic carbocycles. The smallest absolute Gasteiger partial charge is 0.307 e. The highest BCUT2D eigenvalue weighted by Gasteiger charge is 2.35. The van der Waals surface area contributed by atoms with Gasteiger partial charge >= 0.3 is 5.97 Å². The third kappa shape index (κ3) is 3.36. The van der Waals surface area contributed by atoms with Crippen molar-refractivity contribution in [2.45, 2.75) is 25.7 Å². The van der Waals surface area contributed by atoms with Crippen LogP contribution in [0.25, 0.3) is 0 Å². The Labute approximate surface area is 120 Å². The van der Waals surface area contributed by atoms with Crippen molar-refractivity contribution in [2.75, 3.05) is 0 Å². The molecule has 0 spiro atoms. The van der Waals surface area contributed by atoms with Gasteiger partial charge in [-0.1, -0.05) is 18.9 Å². The fourth-order valence-electron chi connectivity index (χ4n) is 2.42. The van der Waals surface area contributed by atoms with Crippen LogP contribution in [-0.2, 0) is 9.59 Å². The maximum Gasteiger partial charge on any atom is 0.307 e. The van der Waals surface area contributed by atoms with Crippen molar-refractivity contribution in [3.63, 3.8) is 0 Å². The lowest BCUT2D eigenvalue weighted by Crippen LogP contribution is -2.47. The van der Waals surface area contributed by atoms with Gasteiger partial charge < -0.3 is 5.11 Å². The number of carbonyl (C=O) groups is 3. The summed E-state index contributed by atoms with van der Waals surface area (Å²) >= 11 is 1.27. The highest BCUT2D eigenvalue weighted by Crippen LogP contribution is 2.30. The summed E-state index contributed by atoms with van der Waals surface area (Å²) in [5.41, 5.74) is 4.65. The highest BCUT2D eigenvalue weighted by molar-refractivity contribution is 7.12. The predicted octanol–water partition coefficient (Wildman–Crippen LogP) is 1.40. The van der Waals surface area contributed by atoms with Crippen LogP contribution in [0.4, 0.5) is 0 Å². The SMILES string of the molecule is O=C(NNC(=O)[C@@H]1CCCC[C@@H]1C(=O)O)c1cccs1. The van der Waals surface area contributed by atoms with Crippen LogP contribution in [0.15, 0.2) is 17.5 Å². The normalized spacial score (nSPS) is 22.0. The fraction of sp³-hybridized carbons (Fsp3) is 0.462. The van der Waals surface area contributed by atoms with Crippen molar-refractivity contribution < 1.29 is 19.5 Å². The number of carbonyl (C=O) groups excluding carboxylic acids is 2. The molecule has 0 unspecified atom stereocenters. The Morgan fingerprint density at radius 3 is 2.45 bits per heavy atom. The summed E-state index contributed by atoms with van der Waals surface area (Å²) in [6.07, 6.45) is 2.70. The molecule has 2 amide bonds. The number of rotatable bonds is 3. The van der Waals surface area contributed by atoms with E-state index in [0.717, 1.165) is 12.8 Å². The Morgan fingerprint density at radius 2 is 1.85 bits per heavy atom. The van der Waals surface area contributed by atoms with Gasteiger partial charge in [-0.2, -0.15) is 0 Å². The molecule has 3 N–H and O–H groups in total. The Hall–Kier alpha value is -1.89. The monoisotopic (exact) mass is 296 g/mol. The van der Waals surface area contributed by atoms with Crippen LogP contribution in [0, 0.1) is 11.8 Å². The molecule has 0 bridgehead atoms. The standard InChI is InChI=1S/C13H16N2O4S/c16-11(8-4-1-2-5-9(8)13(18)19)14-15-12(17)10-6-3-7-20-10/h3,6-9H,1-2,4-5H2,(H,14,16)(H,15,17)(H,18,19)/t8-,9+/m1/s1. The molecule has 1 aliphatic carbocycles. The Balaban J connectivity index is 1.90. The Kier molecular flexibility index (Phi) is 4.73. The first-order valence-electron chi connectivity index (χ1n) is 6.46. The number of thiophene rings is 1. The fourth-order valence-corrected chi connectivity index (χ4v) is 3.04. The molecular weight excluding hydrogens is 280 g/mol. The van der Waals surface area contributed by atoms with Gasteiger partial charge in [-0.05, 0) is 24.3 Å². The first-order valence-corrected chi connectivity index (χ1v) is 7.34. The van der Waals surface area contributed by atoms with E-state index >= 15 is 0 Å². The molecule has 20 heavy (non-hydrogen) atoms. The third-order valence-corrected chi connectivity index (χ3v) is 4.33. The number of aliphatic carboxylic acids is 1. The van der Waals surface area contributed by atoms with Crippen molar-refractivity contribution in [1.29, 1.82) is 0 Å². The van der Waals surface area contributed by atoms with Gasteiger partial charge in [0.2, 0.25) is 5.91 Å². The van der Waals surface area contributed by atoms with E-state index in [4.69, 9.17) is 5.11 Å². The first-order chi connectivity index (χ1) is 9.59. The van der Waals surface area contributed by atoms with Gasteiger partial charge in [0, 0.05) is 0 Å². The van der Waals surface area contributed by atoms with Crippen LogP contribution in [0.1, 0.15) is 35.4 Å². The number of amides is 2. The van der Waals surface area contributed by atoms with Crippen LogP contribution >= 0.6 is 11.3 Å². The topological polar surface area (TPSA) is 95.5 Å². The highest BCUT2D eigenvalue weighted by atomic mass is 32.1. The van der Waals surface area contributed by atoms with E-state index in [2.05, 4.69) is 10.9 Å². The molecule has 1 aliphatic rings. The van der Waals surface area contributed by atoms with Gasteiger partial charge in [0.05, 0.1) is 16.7 Å².